The number of hydrogen-bond donors (Lipinski definition) is 3. The molecule has 25 heavy (non-hydrogen) atoms. The summed E-state index contributed by atoms with van der Waals surface area (Å²) in [6.07, 6.45) is 0. The van der Waals surface area contributed by atoms with Crippen LogP contribution in [0.15, 0.2) is 40.7 Å². The summed E-state index contributed by atoms with van der Waals surface area (Å²) in [5, 5.41) is 11.1. The number of nitrogens with zero attached hydrogens (tertiary/aromatic N) is 2. The van der Waals surface area contributed by atoms with Crippen molar-refractivity contribution in [1.29, 1.82) is 0 Å². The molecule has 2 heterocycles. The van der Waals surface area contributed by atoms with E-state index in [0.717, 1.165) is 34.4 Å². The molecular weight excluding hydrogens is 330 g/mol. The summed E-state index contributed by atoms with van der Waals surface area (Å²) in [6, 6.07) is 10.4. The number of para-hydroxylation sites is 1. The van der Waals surface area contributed by atoms with Crippen LogP contribution >= 0.6 is 11.3 Å². The van der Waals surface area contributed by atoms with Crippen LogP contribution in [0.1, 0.15) is 43.1 Å². The van der Waals surface area contributed by atoms with Crippen molar-refractivity contribution in [3.05, 3.63) is 52.1 Å². The number of guanidine groups is 1. The highest BCUT2D eigenvalue weighted by atomic mass is 32.1. The van der Waals surface area contributed by atoms with Crippen molar-refractivity contribution in [2.75, 3.05) is 6.54 Å². The smallest absolute Gasteiger partial charge is 0.191 e. The molecule has 6 heteroatoms. The second-order valence-electron chi connectivity index (χ2n) is 6.25. The zero-order valence-corrected chi connectivity index (χ0v) is 15.8. The maximum atomic E-state index is 4.68. The Morgan fingerprint density at radius 2 is 2.12 bits per heavy atom. The molecule has 0 atom stereocenters. The fourth-order valence-electron chi connectivity index (χ4n) is 2.56. The second kappa shape index (κ2) is 8.16. The molecule has 2 aromatic heterocycles. The largest absolute Gasteiger partial charge is 0.357 e. The summed E-state index contributed by atoms with van der Waals surface area (Å²) in [5.41, 5.74) is 3.41. The highest BCUT2D eigenvalue weighted by molar-refractivity contribution is 7.09. The minimum atomic E-state index is 0.467. The van der Waals surface area contributed by atoms with E-state index in [9.17, 15) is 0 Å². The predicted molar refractivity (Wildman–Crippen MR) is 106 cm³/mol. The van der Waals surface area contributed by atoms with Crippen LogP contribution in [-0.2, 0) is 13.1 Å². The molecule has 0 radical (unpaired) electrons. The number of hydrogen-bond acceptors (Lipinski definition) is 3. The maximum Gasteiger partial charge on any atom is 0.191 e. The molecule has 3 rings (SSSR count). The van der Waals surface area contributed by atoms with Gasteiger partial charge in [-0.05, 0) is 30.4 Å². The van der Waals surface area contributed by atoms with Crippen molar-refractivity contribution < 1.29 is 0 Å². The normalized spacial score (nSPS) is 12.1. The van der Waals surface area contributed by atoms with Crippen LogP contribution < -0.4 is 10.6 Å². The molecule has 3 N–H and O–H groups in total. The standard InChI is InChI=1S/C19H25N5S/c1-4-20-19(22-11-18-24-17(12-25-18)13(2)3)21-10-15-9-14-7-5-6-8-16(14)23-15/h5-9,12-13,23H,4,10-11H2,1-3H3,(H2,20,21,22). The Labute approximate surface area is 152 Å². The van der Waals surface area contributed by atoms with E-state index in [0.29, 0.717) is 19.0 Å². The maximum absolute atomic E-state index is 4.68. The van der Waals surface area contributed by atoms with Gasteiger partial charge in [-0.15, -0.1) is 11.3 Å². The minimum Gasteiger partial charge on any atom is -0.357 e. The highest BCUT2D eigenvalue weighted by Crippen LogP contribution is 2.17. The molecule has 0 spiro atoms. The zero-order valence-electron chi connectivity index (χ0n) is 15.0. The lowest BCUT2D eigenvalue weighted by Crippen LogP contribution is -2.36. The molecule has 0 unspecified atom stereocenters. The van der Waals surface area contributed by atoms with E-state index in [4.69, 9.17) is 0 Å². The van der Waals surface area contributed by atoms with Gasteiger partial charge in [-0.25, -0.2) is 9.98 Å². The topological polar surface area (TPSA) is 65.1 Å². The fraction of sp³-hybridized carbons (Fsp3) is 0.368. The minimum absolute atomic E-state index is 0.467. The monoisotopic (exact) mass is 355 g/mol. The van der Waals surface area contributed by atoms with E-state index in [1.165, 1.54) is 5.39 Å². The van der Waals surface area contributed by atoms with Crippen LogP contribution in [0.3, 0.4) is 0 Å². The van der Waals surface area contributed by atoms with E-state index in [1.807, 2.05) is 12.1 Å². The molecule has 0 bridgehead atoms. The lowest BCUT2D eigenvalue weighted by molar-refractivity contribution is 0.787. The van der Waals surface area contributed by atoms with Gasteiger partial charge in [-0.1, -0.05) is 32.0 Å². The molecule has 0 aliphatic rings. The second-order valence-corrected chi connectivity index (χ2v) is 7.19. The summed E-state index contributed by atoms with van der Waals surface area (Å²) in [6.45, 7) is 8.53. The molecule has 3 aromatic rings. The molecule has 5 nitrogen and oxygen atoms in total. The lowest BCUT2D eigenvalue weighted by atomic mass is 10.2. The van der Waals surface area contributed by atoms with E-state index >= 15 is 0 Å². The van der Waals surface area contributed by atoms with Gasteiger partial charge < -0.3 is 15.6 Å². The van der Waals surface area contributed by atoms with Crippen molar-refractivity contribution in [1.82, 2.24) is 20.6 Å². The number of H-pyrrole nitrogens is 1. The van der Waals surface area contributed by atoms with Crippen molar-refractivity contribution in [2.45, 2.75) is 39.8 Å². The summed E-state index contributed by atoms with van der Waals surface area (Å²) >= 11 is 1.69. The molecule has 0 amide bonds. The van der Waals surface area contributed by atoms with Crippen LogP contribution in [0.2, 0.25) is 0 Å². The summed E-state index contributed by atoms with van der Waals surface area (Å²) in [7, 11) is 0. The number of aromatic amines is 1. The summed E-state index contributed by atoms with van der Waals surface area (Å²) in [4.78, 5) is 12.7. The Morgan fingerprint density at radius 1 is 1.28 bits per heavy atom. The first kappa shape index (κ1) is 17.5. The van der Waals surface area contributed by atoms with Crippen LogP contribution in [0, 0.1) is 0 Å². The number of fused-ring (bicyclic) bond motifs is 1. The number of aliphatic imine (C=N–C) groups is 1. The van der Waals surface area contributed by atoms with Crippen LogP contribution in [0.4, 0.5) is 0 Å². The third kappa shape index (κ3) is 4.60. The number of thiazole rings is 1. The number of aromatic nitrogens is 2. The third-order valence-corrected chi connectivity index (χ3v) is 4.77. The van der Waals surface area contributed by atoms with Crippen molar-refractivity contribution in [3.63, 3.8) is 0 Å². The van der Waals surface area contributed by atoms with Crippen LogP contribution in [-0.4, -0.2) is 22.5 Å². The van der Waals surface area contributed by atoms with Gasteiger partial charge >= 0.3 is 0 Å². The van der Waals surface area contributed by atoms with Crippen LogP contribution in [0.5, 0.6) is 0 Å². The van der Waals surface area contributed by atoms with Gasteiger partial charge in [0.2, 0.25) is 0 Å². The van der Waals surface area contributed by atoms with E-state index in [2.05, 4.69) is 69.9 Å². The molecule has 132 valence electrons. The van der Waals surface area contributed by atoms with Gasteiger partial charge in [0.25, 0.3) is 0 Å². The first-order valence-electron chi connectivity index (χ1n) is 8.68. The highest BCUT2D eigenvalue weighted by Gasteiger charge is 2.06. The van der Waals surface area contributed by atoms with E-state index in [1.54, 1.807) is 11.3 Å². The Kier molecular flexibility index (Phi) is 5.71. The number of nitrogens with one attached hydrogen (secondary N) is 3. The molecule has 0 fully saturated rings. The fourth-order valence-corrected chi connectivity index (χ4v) is 3.45. The lowest BCUT2D eigenvalue weighted by Gasteiger charge is -2.09. The van der Waals surface area contributed by atoms with Gasteiger partial charge in [0, 0.05) is 23.1 Å². The Bertz CT molecular complexity index is 813. The van der Waals surface area contributed by atoms with Gasteiger partial charge in [0.1, 0.15) is 5.01 Å². The van der Waals surface area contributed by atoms with E-state index in [-0.39, 0.29) is 0 Å². The Morgan fingerprint density at radius 3 is 2.84 bits per heavy atom. The first-order chi connectivity index (χ1) is 12.2. The molecule has 0 saturated heterocycles. The Hall–Kier alpha value is -2.34. The van der Waals surface area contributed by atoms with Gasteiger partial charge in [0.05, 0.1) is 18.8 Å². The SMILES string of the molecule is CCNC(=NCc1cc2ccccc2[nH]1)NCc1nc(C(C)C)cs1. The van der Waals surface area contributed by atoms with Gasteiger partial charge in [-0.3, -0.25) is 0 Å². The third-order valence-electron chi connectivity index (χ3n) is 3.91. The van der Waals surface area contributed by atoms with E-state index < -0.39 is 0 Å². The van der Waals surface area contributed by atoms with Gasteiger partial charge in [-0.2, -0.15) is 0 Å². The molecule has 0 saturated carbocycles. The number of benzene rings is 1. The summed E-state index contributed by atoms with van der Waals surface area (Å²) < 4.78 is 0. The molecule has 1 aromatic carbocycles. The van der Waals surface area contributed by atoms with Crippen molar-refractivity contribution >= 4 is 28.2 Å². The Balaban J connectivity index is 1.63. The molecule has 0 aliphatic carbocycles. The quantitative estimate of drug-likeness (QED) is 0.462. The van der Waals surface area contributed by atoms with Gasteiger partial charge in [0.15, 0.2) is 5.96 Å². The predicted octanol–water partition coefficient (Wildman–Crippen LogP) is 4.00. The van der Waals surface area contributed by atoms with Crippen molar-refractivity contribution in [3.8, 4) is 0 Å². The summed E-state index contributed by atoms with van der Waals surface area (Å²) in [5.74, 6) is 1.27. The average molecular weight is 356 g/mol. The molecular formula is C19H25N5S. The number of rotatable bonds is 6. The van der Waals surface area contributed by atoms with Crippen molar-refractivity contribution in [2.24, 2.45) is 4.99 Å². The molecule has 0 aliphatic heterocycles. The average Bonchev–Trinajstić information content (AvgIpc) is 3.23. The zero-order chi connectivity index (χ0) is 17.6. The first-order valence-corrected chi connectivity index (χ1v) is 9.56. The van der Waals surface area contributed by atoms with Crippen LogP contribution in [0.25, 0.3) is 10.9 Å².